The Kier molecular flexibility index (Phi) is 6.29. The van der Waals surface area contributed by atoms with Crippen LogP contribution in [0.3, 0.4) is 0 Å². The van der Waals surface area contributed by atoms with Crippen LogP contribution in [0.4, 0.5) is 5.82 Å². The van der Waals surface area contributed by atoms with Crippen LogP contribution in [0.5, 0.6) is 0 Å². The number of hydrogen-bond acceptors (Lipinski definition) is 7. The zero-order chi connectivity index (χ0) is 25.9. The van der Waals surface area contributed by atoms with Crippen molar-refractivity contribution in [3.05, 3.63) is 90.3 Å². The van der Waals surface area contributed by atoms with Crippen LogP contribution in [-0.2, 0) is 6.54 Å². The van der Waals surface area contributed by atoms with E-state index in [1.807, 2.05) is 24.3 Å². The Hall–Kier alpha value is -5.12. The second-order valence-corrected chi connectivity index (χ2v) is 8.64. The predicted octanol–water partition coefficient (Wildman–Crippen LogP) is 3.30. The molecule has 0 radical (unpaired) electrons. The topological polar surface area (TPSA) is 143 Å². The molecule has 10 nitrogen and oxygen atoms in total. The summed E-state index contributed by atoms with van der Waals surface area (Å²) in [4.78, 5) is 46.8. The number of nitrogen functional groups attached to an aromatic ring is 1. The lowest BCUT2D eigenvalue weighted by atomic mass is 10.0. The Labute approximate surface area is 212 Å². The lowest BCUT2D eigenvalue weighted by Crippen LogP contribution is -2.23. The summed E-state index contributed by atoms with van der Waals surface area (Å²) in [5.41, 5.74) is 11.4. The molecule has 5 heterocycles. The van der Waals surface area contributed by atoms with Crippen LogP contribution in [0.1, 0.15) is 26.4 Å². The summed E-state index contributed by atoms with van der Waals surface area (Å²) in [6.45, 7) is 0.361. The molecule has 0 aromatic carbocycles. The van der Waals surface area contributed by atoms with Gasteiger partial charge in [-0.1, -0.05) is 6.07 Å². The normalized spacial score (nSPS) is 10.9. The van der Waals surface area contributed by atoms with E-state index in [2.05, 4.69) is 30.2 Å². The van der Waals surface area contributed by atoms with Crippen LogP contribution in [0.25, 0.3) is 33.4 Å². The Morgan fingerprint density at radius 1 is 0.973 bits per heavy atom. The summed E-state index contributed by atoms with van der Waals surface area (Å²) in [5.74, 6) is -0.0657. The molecule has 0 atom stereocenters. The van der Waals surface area contributed by atoms with E-state index in [1.54, 1.807) is 57.1 Å². The highest BCUT2D eigenvalue weighted by atomic mass is 16.2. The fraction of sp³-hybridized carbons (Fsp3) is 0.111. The van der Waals surface area contributed by atoms with Gasteiger partial charge in [-0.25, -0.2) is 9.97 Å². The van der Waals surface area contributed by atoms with E-state index in [4.69, 9.17) is 5.73 Å². The Balaban J connectivity index is 1.45. The first kappa shape index (κ1) is 23.6. The van der Waals surface area contributed by atoms with E-state index in [9.17, 15) is 9.59 Å². The molecule has 10 heteroatoms. The maximum Gasteiger partial charge on any atom is 0.268 e. The maximum absolute atomic E-state index is 12.8. The van der Waals surface area contributed by atoms with Crippen LogP contribution < -0.4 is 11.1 Å². The lowest BCUT2D eigenvalue weighted by molar-refractivity contribution is 0.0826. The van der Waals surface area contributed by atoms with Crippen LogP contribution in [-0.4, -0.2) is 55.7 Å². The number of nitrogens with one attached hydrogen (secondary N) is 2. The second-order valence-electron chi connectivity index (χ2n) is 8.64. The monoisotopic (exact) mass is 492 g/mol. The number of nitrogens with two attached hydrogens (primary N) is 1. The number of aromatic amines is 1. The number of fused-ring (bicyclic) bond motifs is 1. The lowest BCUT2D eigenvalue weighted by Gasteiger charge is -2.11. The van der Waals surface area contributed by atoms with E-state index in [-0.39, 0.29) is 11.8 Å². The van der Waals surface area contributed by atoms with E-state index < -0.39 is 0 Å². The Morgan fingerprint density at radius 3 is 2.57 bits per heavy atom. The third-order valence-corrected chi connectivity index (χ3v) is 5.87. The molecular formula is C27H24N8O2. The van der Waals surface area contributed by atoms with E-state index in [0.29, 0.717) is 40.5 Å². The molecule has 4 N–H and O–H groups in total. The first-order valence-corrected chi connectivity index (χ1v) is 11.5. The van der Waals surface area contributed by atoms with Gasteiger partial charge in [0.15, 0.2) is 0 Å². The Morgan fingerprint density at radius 2 is 1.84 bits per heavy atom. The van der Waals surface area contributed by atoms with Crippen LogP contribution in [0.15, 0.2) is 73.4 Å². The molecule has 37 heavy (non-hydrogen) atoms. The number of anilines is 1. The highest BCUT2D eigenvalue weighted by molar-refractivity contribution is 6.02. The zero-order valence-corrected chi connectivity index (χ0v) is 20.3. The van der Waals surface area contributed by atoms with Crippen LogP contribution in [0.2, 0.25) is 0 Å². The van der Waals surface area contributed by atoms with Gasteiger partial charge in [-0.05, 0) is 47.5 Å². The molecule has 0 aliphatic heterocycles. The molecule has 184 valence electrons. The van der Waals surface area contributed by atoms with Crippen molar-refractivity contribution in [2.24, 2.45) is 0 Å². The van der Waals surface area contributed by atoms with Crippen molar-refractivity contribution in [2.45, 2.75) is 6.54 Å². The smallest absolute Gasteiger partial charge is 0.268 e. The third-order valence-electron chi connectivity index (χ3n) is 5.87. The van der Waals surface area contributed by atoms with Crippen molar-refractivity contribution in [1.29, 1.82) is 0 Å². The predicted molar refractivity (Wildman–Crippen MR) is 140 cm³/mol. The van der Waals surface area contributed by atoms with Gasteiger partial charge in [-0.2, -0.15) is 0 Å². The molecule has 0 aliphatic carbocycles. The molecule has 0 aliphatic rings. The molecule has 0 unspecified atom stereocenters. The van der Waals surface area contributed by atoms with E-state index in [1.165, 1.54) is 11.1 Å². The van der Waals surface area contributed by atoms with Gasteiger partial charge < -0.3 is 20.9 Å². The van der Waals surface area contributed by atoms with Crippen molar-refractivity contribution in [2.75, 3.05) is 19.8 Å². The third kappa shape index (κ3) is 4.85. The van der Waals surface area contributed by atoms with Crippen molar-refractivity contribution >= 4 is 28.7 Å². The first-order chi connectivity index (χ1) is 17.9. The average molecular weight is 493 g/mol. The summed E-state index contributed by atoms with van der Waals surface area (Å²) < 4.78 is 0. The number of carbonyl (C=O) groups is 2. The number of nitrogens with zero attached hydrogens (tertiary/aromatic N) is 5. The summed E-state index contributed by atoms with van der Waals surface area (Å²) >= 11 is 0. The molecule has 0 fully saturated rings. The molecule has 0 saturated heterocycles. The number of hydrogen-bond donors (Lipinski definition) is 3. The minimum Gasteiger partial charge on any atom is -0.383 e. The molecular weight excluding hydrogens is 468 g/mol. The molecule has 5 aromatic heterocycles. The van der Waals surface area contributed by atoms with Crippen LogP contribution >= 0.6 is 0 Å². The van der Waals surface area contributed by atoms with Crippen molar-refractivity contribution in [3.63, 3.8) is 0 Å². The highest BCUT2D eigenvalue weighted by Crippen LogP contribution is 2.32. The van der Waals surface area contributed by atoms with Crippen molar-refractivity contribution in [1.82, 2.24) is 35.1 Å². The number of H-pyrrole nitrogens is 1. The molecule has 0 saturated carbocycles. The standard InChI is InChI=1S/C27H24N8O2/c1-35(2)27(37)17-5-6-22(31-14-17)21-10-18(15-32-24(21)28)19-7-9-30-25-20(19)11-23(34-25)26(36)33-13-16-4-3-8-29-12-16/h3-12,14-15H,13H2,1-2H3,(H2,28,32)(H,30,34)(H,33,36). The number of aromatic nitrogens is 5. The van der Waals surface area contributed by atoms with Gasteiger partial charge >= 0.3 is 0 Å². The van der Waals surface area contributed by atoms with E-state index >= 15 is 0 Å². The van der Waals surface area contributed by atoms with Gasteiger partial charge in [-0.3, -0.25) is 19.6 Å². The van der Waals surface area contributed by atoms with E-state index in [0.717, 1.165) is 22.1 Å². The number of carbonyl (C=O) groups excluding carboxylic acids is 2. The summed E-state index contributed by atoms with van der Waals surface area (Å²) in [5, 5.41) is 3.66. The van der Waals surface area contributed by atoms with Gasteiger partial charge in [0.1, 0.15) is 17.2 Å². The Bertz CT molecular complexity index is 1590. The average Bonchev–Trinajstić information content (AvgIpc) is 3.37. The summed E-state index contributed by atoms with van der Waals surface area (Å²) in [6, 6.07) is 12.7. The number of rotatable bonds is 6. The molecule has 0 spiro atoms. The molecule has 5 rings (SSSR count). The zero-order valence-electron chi connectivity index (χ0n) is 20.3. The largest absolute Gasteiger partial charge is 0.383 e. The molecule has 5 aromatic rings. The molecule has 2 amide bonds. The van der Waals surface area contributed by atoms with Gasteiger partial charge in [0.25, 0.3) is 11.8 Å². The van der Waals surface area contributed by atoms with Crippen molar-refractivity contribution < 1.29 is 9.59 Å². The minimum absolute atomic E-state index is 0.134. The van der Waals surface area contributed by atoms with Crippen molar-refractivity contribution in [3.8, 4) is 22.4 Å². The van der Waals surface area contributed by atoms with Crippen LogP contribution in [0, 0.1) is 0 Å². The summed E-state index contributed by atoms with van der Waals surface area (Å²) in [7, 11) is 3.38. The number of pyridine rings is 4. The minimum atomic E-state index is -0.250. The second kappa shape index (κ2) is 9.86. The quantitative estimate of drug-likeness (QED) is 0.330. The molecule has 0 bridgehead atoms. The van der Waals surface area contributed by atoms with Gasteiger partial charge in [0.05, 0.1) is 11.3 Å². The van der Waals surface area contributed by atoms with Gasteiger partial charge in [-0.15, -0.1) is 0 Å². The highest BCUT2D eigenvalue weighted by Gasteiger charge is 2.16. The maximum atomic E-state index is 12.8. The SMILES string of the molecule is CN(C)C(=O)c1ccc(-c2cc(-c3ccnc4[nH]c(C(=O)NCc5cccnc5)cc34)cnc2N)nc1. The fourth-order valence-electron chi connectivity index (χ4n) is 3.95. The number of amides is 2. The van der Waals surface area contributed by atoms with Gasteiger partial charge in [0, 0.05) is 68.1 Å². The van der Waals surface area contributed by atoms with Gasteiger partial charge in [0.2, 0.25) is 0 Å². The first-order valence-electron chi connectivity index (χ1n) is 11.5. The summed E-state index contributed by atoms with van der Waals surface area (Å²) in [6.07, 6.45) is 8.26. The fourth-order valence-corrected chi connectivity index (χ4v) is 3.95.